The van der Waals surface area contributed by atoms with Gasteiger partial charge in [0.2, 0.25) is 11.8 Å². The van der Waals surface area contributed by atoms with E-state index < -0.39 is 5.54 Å². The first-order valence-electron chi connectivity index (χ1n) is 7.75. The number of ether oxygens (including phenoxy) is 2. The molecule has 6 nitrogen and oxygen atoms in total. The van der Waals surface area contributed by atoms with Crippen molar-refractivity contribution in [1.29, 1.82) is 0 Å². The summed E-state index contributed by atoms with van der Waals surface area (Å²) in [5.41, 5.74) is -0.719. The van der Waals surface area contributed by atoms with Crippen LogP contribution in [0.4, 0.5) is 0 Å². The summed E-state index contributed by atoms with van der Waals surface area (Å²) in [6.07, 6.45) is 3.26. The molecule has 0 spiro atoms. The Morgan fingerprint density at radius 3 is 2.71 bits per heavy atom. The van der Waals surface area contributed by atoms with Gasteiger partial charge in [-0.2, -0.15) is 0 Å². The largest absolute Gasteiger partial charge is 0.385 e. The molecule has 2 amide bonds. The van der Waals surface area contributed by atoms with Crippen molar-refractivity contribution in [3.63, 3.8) is 0 Å². The molecular weight excluding hydrogens is 272 g/mol. The van der Waals surface area contributed by atoms with Crippen molar-refractivity contribution < 1.29 is 19.1 Å². The summed E-state index contributed by atoms with van der Waals surface area (Å²) in [6, 6.07) is 0. The molecule has 2 rings (SSSR count). The van der Waals surface area contributed by atoms with Crippen LogP contribution in [0.25, 0.3) is 0 Å². The number of hydrogen-bond acceptors (Lipinski definition) is 4. The Bertz CT molecular complexity index is 384. The zero-order valence-electron chi connectivity index (χ0n) is 13.0. The first kappa shape index (κ1) is 16.2. The molecule has 0 radical (unpaired) electrons. The summed E-state index contributed by atoms with van der Waals surface area (Å²) in [4.78, 5) is 26.3. The summed E-state index contributed by atoms with van der Waals surface area (Å²) >= 11 is 0. The third kappa shape index (κ3) is 4.17. The molecule has 0 bridgehead atoms. The summed E-state index contributed by atoms with van der Waals surface area (Å²) in [5.74, 6) is 0.301. The zero-order valence-corrected chi connectivity index (χ0v) is 13.0. The smallest absolute Gasteiger partial charge is 0.248 e. The van der Waals surface area contributed by atoms with Crippen LogP contribution in [-0.2, 0) is 19.1 Å². The van der Waals surface area contributed by atoms with E-state index in [0.29, 0.717) is 39.3 Å². The van der Waals surface area contributed by atoms with Crippen LogP contribution in [0.2, 0.25) is 0 Å². The fraction of sp³-hybridized carbons (Fsp3) is 0.867. The normalized spacial score (nSPS) is 26.7. The first-order chi connectivity index (χ1) is 10.1. The van der Waals surface area contributed by atoms with Gasteiger partial charge in [0.25, 0.3) is 0 Å². The van der Waals surface area contributed by atoms with Crippen LogP contribution < -0.4 is 5.32 Å². The van der Waals surface area contributed by atoms with Crippen molar-refractivity contribution in [3.8, 4) is 0 Å². The minimum atomic E-state index is -0.719. The van der Waals surface area contributed by atoms with Gasteiger partial charge in [-0.25, -0.2) is 0 Å². The van der Waals surface area contributed by atoms with Crippen LogP contribution in [0.15, 0.2) is 0 Å². The highest BCUT2D eigenvalue weighted by Crippen LogP contribution is 2.41. The second-order valence-corrected chi connectivity index (χ2v) is 6.03. The Labute approximate surface area is 126 Å². The highest BCUT2D eigenvalue weighted by molar-refractivity contribution is 5.93. The van der Waals surface area contributed by atoms with Crippen molar-refractivity contribution in [3.05, 3.63) is 0 Å². The lowest BCUT2D eigenvalue weighted by Crippen LogP contribution is -2.57. The van der Waals surface area contributed by atoms with Gasteiger partial charge in [-0.05, 0) is 32.1 Å². The number of carbonyl (C=O) groups is 2. The quantitative estimate of drug-likeness (QED) is 0.665. The maximum absolute atomic E-state index is 12.7. The van der Waals surface area contributed by atoms with Gasteiger partial charge in [-0.3, -0.25) is 9.59 Å². The van der Waals surface area contributed by atoms with Crippen LogP contribution in [0.3, 0.4) is 0 Å². The van der Waals surface area contributed by atoms with Gasteiger partial charge >= 0.3 is 0 Å². The Hall–Kier alpha value is -1.14. The van der Waals surface area contributed by atoms with Gasteiger partial charge < -0.3 is 19.7 Å². The van der Waals surface area contributed by atoms with Crippen LogP contribution in [0.1, 0.15) is 32.6 Å². The average Bonchev–Trinajstić information content (AvgIpc) is 3.29. The minimum absolute atomic E-state index is 0.0266. The van der Waals surface area contributed by atoms with Gasteiger partial charge in [-0.1, -0.05) is 0 Å². The second kappa shape index (κ2) is 7.22. The van der Waals surface area contributed by atoms with Crippen molar-refractivity contribution >= 4 is 11.8 Å². The Morgan fingerprint density at radius 1 is 1.29 bits per heavy atom. The lowest BCUT2D eigenvalue weighted by atomic mass is 9.94. The molecule has 0 aromatic carbocycles. The van der Waals surface area contributed by atoms with E-state index in [1.165, 1.54) is 0 Å². The molecule has 1 N–H and O–H groups in total. The third-order valence-corrected chi connectivity index (χ3v) is 4.28. The van der Waals surface area contributed by atoms with E-state index in [1.807, 2.05) is 6.92 Å². The molecule has 6 heteroatoms. The van der Waals surface area contributed by atoms with E-state index >= 15 is 0 Å². The second-order valence-electron chi connectivity index (χ2n) is 6.03. The molecule has 120 valence electrons. The molecule has 0 aromatic heterocycles. The monoisotopic (exact) mass is 298 g/mol. The number of methoxy groups -OCH3 is 1. The molecule has 1 atom stereocenters. The van der Waals surface area contributed by atoms with E-state index in [9.17, 15) is 9.59 Å². The standard InChI is InChI=1S/C15H26N2O4/c1-15(12-4-5-12)14(19)17(7-6-13(18)16-15)8-11-21-10-3-9-20-2/h12H,3-11H2,1-2H3,(H,16,18). The fourth-order valence-electron chi connectivity index (χ4n) is 2.80. The van der Waals surface area contributed by atoms with Gasteiger partial charge in [0.1, 0.15) is 5.54 Å². The summed E-state index contributed by atoms with van der Waals surface area (Å²) < 4.78 is 10.5. The zero-order chi connectivity index (χ0) is 15.3. The van der Waals surface area contributed by atoms with Crippen LogP contribution >= 0.6 is 0 Å². The van der Waals surface area contributed by atoms with E-state index in [0.717, 1.165) is 19.3 Å². The number of nitrogens with one attached hydrogen (secondary N) is 1. The topological polar surface area (TPSA) is 67.9 Å². The van der Waals surface area contributed by atoms with Crippen molar-refractivity contribution in [1.82, 2.24) is 10.2 Å². The molecule has 1 saturated carbocycles. The average molecular weight is 298 g/mol. The minimum Gasteiger partial charge on any atom is -0.385 e. The number of carbonyl (C=O) groups excluding carboxylic acids is 2. The number of rotatable bonds is 8. The molecule has 0 aromatic rings. The molecule has 21 heavy (non-hydrogen) atoms. The lowest BCUT2D eigenvalue weighted by molar-refractivity contribution is -0.139. The lowest BCUT2D eigenvalue weighted by Gasteiger charge is -2.32. The predicted octanol–water partition coefficient (Wildman–Crippen LogP) is 0.557. The fourth-order valence-corrected chi connectivity index (χ4v) is 2.80. The number of nitrogens with zero attached hydrogens (tertiary/aromatic N) is 1. The Kier molecular flexibility index (Phi) is 5.58. The molecule has 2 fully saturated rings. The summed E-state index contributed by atoms with van der Waals surface area (Å²) in [7, 11) is 1.67. The van der Waals surface area contributed by atoms with Gasteiger partial charge in [0.05, 0.1) is 6.61 Å². The molecule has 1 saturated heterocycles. The maximum atomic E-state index is 12.7. The summed E-state index contributed by atoms with van der Waals surface area (Å²) in [5, 5.41) is 2.93. The van der Waals surface area contributed by atoms with Crippen molar-refractivity contribution in [2.24, 2.45) is 5.92 Å². The summed E-state index contributed by atoms with van der Waals surface area (Å²) in [6.45, 7) is 4.71. The number of hydrogen-bond donors (Lipinski definition) is 1. The predicted molar refractivity (Wildman–Crippen MR) is 77.8 cm³/mol. The maximum Gasteiger partial charge on any atom is 0.248 e. The molecule has 1 aliphatic heterocycles. The SMILES string of the molecule is COCCCOCCN1CCC(=O)NC(C)(C2CC2)C1=O. The molecular formula is C15H26N2O4. The molecule has 1 unspecified atom stereocenters. The van der Waals surface area contributed by atoms with Gasteiger partial charge in [0, 0.05) is 39.8 Å². The molecule has 1 heterocycles. The number of amides is 2. The molecule has 2 aliphatic rings. The van der Waals surface area contributed by atoms with Gasteiger partial charge in [0.15, 0.2) is 0 Å². The van der Waals surface area contributed by atoms with Gasteiger partial charge in [-0.15, -0.1) is 0 Å². The van der Waals surface area contributed by atoms with E-state index in [1.54, 1.807) is 12.0 Å². The Balaban J connectivity index is 1.83. The van der Waals surface area contributed by atoms with E-state index in [4.69, 9.17) is 9.47 Å². The van der Waals surface area contributed by atoms with Crippen molar-refractivity contribution in [2.45, 2.75) is 38.1 Å². The van der Waals surface area contributed by atoms with Crippen LogP contribution in [0.5, 0.6) is 0 Å². The van der Waals surface area contributed by atoms with E-state index in [2.05, 4.69) is 5.32 Å². The first-order valence-corrected chi connectivity index (χ1v) is 7.75. The van der Waals surface area contributed by atoms with Crippen molar-refractivity contribution in [2.75, 3.05) is 40.0 Å². The van der Waals surface area contributed by atoms with E-state index in [-0.39, 0.29) is 17.7 Å². The highest BCUT2D eigenvalue weighted by atomic mass is 16.5. The van der Waals surface area contributed by atoms with Crippen LogP contribution in [-0.4, -0.2) is 62.3 Å². The third-order valence-electron chi connectivity index (χ3n) is 4.28. The molecule has 1 aliphatic carbocycles. The Morgan fingerprint density at radius 2 is 2.05 bits per heavy atom. The van der Waals surface area contributed by atoms with Crippen LogP contribution in [0, 0.1) is 5.92 Å². The highest BCUT2D eigenvalue weighted by Gasteiger charge is 2.50.